The zero-order valence-corrected chi connectivity index (χ0v) is 17.9. The van der Waals surface area contributed by atoms with Crippen molar-refractivity contribution in [2.24, 2.45) is 0 Å². The zero-order valence-electron chi connectivity index (χ0n) is 17.9. The van der Waals surface area contributed by atoms with Crippen molar-refractivity contribution in [2.75, 3.05) is 18.1 Å². The molecule has 1 fully saturated rings. The Bertz CT molecular complexity index is 1190. The normalized spacial score (nSPS) is 15.3. The molecule has 0 unspecified atom stereocenters. The van der Waals surface area contributed by atoms with Crippen molar-refractivity contribution in [2.45, 2.75) is 38.7 Å². The Morgan fingerprint density at radius 2 is 1.66 bits per heavy atom. The third-order valence-corrected chi connectivity index (χ3v) is 5.88. The van der Waals surface area contributed by atoms with Gasteiger partial charge in [0.05, 0.1) is 22.9 Å². The summed E-state index contributed by atoms with van der Waals surface area (Å²) >= 11 is 0. The highest BCUT2D eigenvalue weighted by Gasteiger charge is 2.36. The van der Waals surface area contributed by atoms with Crippen LogP contribution >= 0.6 is 0 Å². The molecule has 0 radical (unpaired) electrons. The predicted octanol–water partition coefficient (Wildman–Crippen LogP) is 6.56. The van der Waals surface area contributed by atoms with Crippen LogP contribution in [0.25, 0.3) is 10.8 Å². The number of nitriles is 1. The molecule has 0 amide bonds. The fourth-order valence-corrected chi connectivity index (χ4v) is 4.25. The maximum atomic E-state index is 14.3. The van der Waals surface area contributed by atoms with Crippen LogP contribution < -0.4 is 5.01 Å². The number of benzene rings is 3. The lowest BCUT2D eigenvalue weighted by molar-refractivity contribution is -0.138. The number of hydrazine groups is 1. The van der Waals surface area contributed by atoms with Crippen molar-refractivity contribution >= 4 is 16.5 Å². The molecule has 3 aromatic carbocycles. The minimum atomic E-state index is -4.58. The quantitative estimate of drug-likeness (QED) is 0.430. The molecule has 0 spiro atoms. The second kappa shape index (κ2) is 8.10. The van der Waals surface area contributed by atoms with E-state index in [0.29, 0.717) is 18.7 Å². The van der Waals surface area contributed by atoms with Gasteiger partial charge in [-0.25, -0.2) is 9.40 Å². The second-order valence-corrected chi connectivity index (χ2v) is 8.50. The molecule has 166 valence electrons. The number of hydrogen-bond acceptors (Lipinski definition) is 3. The summed E-state index contributed by atoms with van der Waals surface area (Å²) in [5.41, 5.74) is -1.15. The van der Waals surface area contributed by atoms with Crippen LogP contribution in [0.1, 0.15) is 42.5 Å². The lowest BCUT2D eigenvalue weighted by Crippen LogP contribution is -2.36. The highest BCUT2D eigenvalue weighted by atomic mass is 19.4. The molecule has 0 aromatic heterocycles. The van der Waals surface area contributed by atoms with Crippen LogP contribution in [0, 0.1) is 11.3 Å². The van der Waals surface area contributed by atoms with Crippen molar-refractivity contribution in [1.29, 1.82) is 5.26 Å². The highest BCUT2D eigenvalue weighted by Crippen LogP contribution is 2.38. The van der Waals surface area contributed by atoms with Gasteiger partial charge in [-0.05, 0) is 49.6 Å². The molecule has 1 saturated heterocycles. The van der Waals surface area contributed by atoms with Crippen LogP contribution in [0.2, 0.25) is 0 Å². The Morgan fingerprint density at radius 3 is 2.31 bits per heavy atom. The van der Waals surface area contributed by atoms with Crippen molar-refractivity contribution in [3.8, 4) is 6.07 Å². The van der Waals surface area contributed by atoms with Gasteiger partial charge in [0.1, 0.15) is 5.67 Å². The predicted molar refractivity (Wildman–Crippen MR) is 117 cm³/mol. The van der Waals surface area contributed by atoms with Gasteiger partial charge in [-0.1, -0.05) is 36.4 Å². The molecule has 0 N–H and O–H groups in total. The van der Waals surface area contributed by atoms with Crippen LogP contribution in [-0.4, -0.2) is 18.1 Å². The molecule has 32 heavy (non-hydrogen) atoms. The summed E-state index contributed by atoms with van der Waals surface area (Å²) in [5, 5.41) is 15.0. The summed E-state index contributed by atoms with van der Waals surface area (Å²) in [6, 6.07) is 17.1. The van der Waals surface area contributed by atoms with Crippen molar-refractivity contribution < 1.29 is 17.6 Å². The Kier molecular flexibility index (Phi) is 5.59. The van der Waals surface area contributed by atoms with Crippen molar-refractivity contribution in [3.05, 3.63) is 76.9 Å². The molecule has 7 heteroatoms. The molecule has 0 aliphatic carbocycles. The smallest absolute Gasteiger partial charge is 0.305 e. The second-order valence-electron chi connectivity index (χ2n) is 8.50. The standard InChI is InChI=1S/C25H23F4N3/c1-24(2,26)19-10-8-18(22(14-19)25(27,28)29)16-31-12-5-13-32(31)23-11-9-17(15-30)20-6-3-4-7-21(20)23/h3-4,6-11,14H,5,12-13,16H2,1-2H3. The Hall–Kier alpha value is -3.11. The first kappa shape index (κ1) is 22.1. The molecule has 0 bridgehead atoms. The lowest BCUT2D eigenvalue weighted by Gasteiger charge is -2.32. The van der Waals surface area contributed by atoms with Gasteiger partial charge in [0, 0.05) is 30.4 Å². The van der Waals surface area contributed by atoms with E-state index in [-0.39, 0.29) is 17.7 Å². The summed E-state index contributed by atoms with van der Waals surface area (Å²) in [6.07, 6.45) is -3.78. The molecular weight excluding hydrogens is 418 g/mol. The number of hydrogen-bond donors (Lipinski definition) is 0. The lowest BCUT2D eigenvalue weighted by atomic mass is 9.95. The van der Waals surface area contributed by atoms with Crippen molar-refractivity contribution in [1.82, 2.24) is 5.01 Å². The first-order valence-corrected chi connectivity index (χ1v) is 10.4. The zero-order chi connectivity index (χ0) is 23.1. The van der Waals surface area contributed by atoms with Gasteiger partial charge in [-0.2, -0.15) is 18.4 Å². The van der Waals surface area contributed by atoms with Crippen LogP contribution in [0.15, 0.2) is 54.6 Å². The van der Waals surface area contributed by atoms with E-state index >= 15 is 0 Å². The third-order valence-electron chi connectivity index (χ3n) is 5.88. The number of alkyl halides is 4. The van der Waals surface area contributed by atoms with Crippen LogP contribution in [-0.2, 0) is 18.4 Å². The van der Waals surface area contributed by atoms with Crippen LogP contribution in [0.4, 0.5) is 23.2 Å². The van der Waals surface area contributed by atoms with E-state index in [4.69, 9.17) is 0 Å². The highest BCUT2D eigenvalue weighted by molar-refractivity contribution is 5.97. The SMILES string of the molecule is CC(C)(F)c1ccc(CN2CCCN2c2ccc(C#N)c3ccccc23)c(C(F)(F)F)c1. The molecule has 1 aliphatic rings. The van der Waals surface area contributed by atoms with E-state index in [1.807, 2.05) is 40.3 Å². The molecule has 0 atom stereocenters. The van der Waals surface area contributed by atoms with Crippen LogP contribution in [0.5, 0.6) is 0 Å². The maximum Gasteiger partial charge on any atom is 0.416 e. The molecule has 1 aliphatic heterocycles. The molecule has 0 saturated carbocycles. The van der Waals surface area contributed by atoms with Crippen molar-refractivity contribution in [3.63, 3.8) is 0 Å². The minimum Gasteiger partial charge on any atom is -0.305 e. The van der Waals surface area contributed by atoms with Gasteiger partial charge < -0.3 is 5.01 Å². The van der Waals surface area contributed by atoms with Gasteiger partial charge in [0.15, 0.2) is 0 Å². The van der Waals surface area contributed by atoms with Gasteiger partial charge in [0.25, 0.3) is 0 Å². The first-order valence-electron chi connectivity index (χ1n) is 10.4. The van der Waals surface area contributed by atoms with E-state index < -0.39 is 17.4 Å². The first-order chi connectivity index (χ1) is 15.1. The summed E-state index contributed by atoms with van der Waals surface area (Å²) < 4.78 is 55.8. The third kappa shape index (κ3) is 4.15. The molecule has 3 nitrogen and oxygen atoms in total. The largest absolute Gasteiger partial charge is 0.416 e. The fourth-order valence-electron chi connectivity index (χ4n) is 4.25. The van der Waals surface area contributed by atoms with Gasteiger partial charge in [-0.15, -0.1) is 0 Å². The number of fused-ring (bicyclic) bond motifs is 1. The average Bonchev–Trinajstić information content (AvgIpc) is 3.19. The summed E-state index contributed by atoms with van der Waals surface area (Å²) in [5.74, 6) is 0. The Morgan fingerprint density at radius 1 is 0.938 bits per heavy atom. The molecule has 4 rings (SSSR count). The summed E-state index contributed by atoms with van der Waals surface area (Å²) in [7, 11) is 0. The van der Waals surface area contributed by atoms with E-state index in [2.05, 4.69) is 6.07 Å². The maximum absolute atomic E-state index is 14.3. The number of anilines is 1. The van der Waals surface area contributed by atoms with Crippen LogP contribution in [0.3, 0.4) is 0 Å². The van der Waals surface area contributed by atoms with Gasteiger partial charge >= 0.3 is 6.18 Å². The molecule has 1 heterocycles. The molecule has 3 aromatic rings. The Balaban J connectivity index is 1.72. The fraction of sp³-hybridized carbons (Fsp3) is 0.320. The number of rotatable bonds is 4. The topological polar surface area (TPSA) is 30.3 Å². The van der Waals surface area contributed by atoms with E-state index in [1.54, 1.807) is 6.07 Å². The average molecular weight is 441 g/mol. The number of halogens is 4. The monoisotopic (exact) mass is 441 g/mol. The van der Waals surface area contributed by atoms with Gasteiger partial charge in [0.2, 0.25) is 0 Å². The van der Waals surface area contributed by atoms with E-state index in [1.165, 1.54) is 26.0 Å². The number of nitrogens with zero attached hydrogens (tertiary/aromatic N) is 3. The Labute approximate surface area is 184 Å². The molecular formula is C25H23F4N3. The van der Waals surface area contributed by atoms with Gasteiger partial charge in [-0.3, -0.25) is 0 Å². The van der Waals surface area contributed by atoms with E-state index in [9.17, 15) is 22.8 Å². The summed E-state index contributed by atoms with van der Waals surface area (Å²) in [6.45, 7) is 3.81. The summed E-state index contributed by atoms with van der Waals surface area (Å²) in [4.78, 5) is 0. The minimum absolute atomic E-state index is 0.00457. The van der Waals surface area contributed by atoms with E-state index in [0.717, 1.165) is 28.9 Å².